The molecule has 2 rings (SSSR count). The first kappa shape index (κ1) is 10.1. The van der Waals surface area contributed by atoms with Gasteiger partial charge >= 0.3 is 6.01 Å². The molecule has 0 atom stereocenters. The first-order chi connectivity index (χ1) is 7.85. The standard InChI is InChI=1S/C12H9N3O/c1-16-12-14-7-10(8-15-12)11-5-3-2-4-9(11)6-13/h2-5,7-8H,1H3. The van der Waals surface area contributed by atoms with Gasteiger partial charge in [-0.1, -0.05) is 18.2 Å². The second kappa shape index (κ2) is 4.41. The van der Waals surface area contributed by atoms with Crippen molar-refractivity contribution < 1.29 is 4.74 Å². The van der Waals surface area contributed by atoms with E-state index in [-0.39, 0.29) is 0 Å². The van der Waals surface area contributed by atoms with Crippen LogP contribution in [-0.4, -0.2) is 17.1 Å². The predicted octanol–water partition coefficient (Wildman–Crippen LogP) is 2.02. The van der Waals surface area contributed by atoms with Gasteiger partial charge in [-0.05, 0) is 6.07 Å². The SMILES string of the molecule is COc1ncc(-c2ccccc2C#N)cn1. The van der Waals surface area contributed by atoms with E-state index in [0.29, 0.717) is 11.6 Å². The van der Waals surface area contributed by atoms with Crippen LogP contribution in [0.15, 0.2) is 36.7 Å². The molecule has 0 unspecified atom stereocenters. The lowest BCUT2D eigenvalue weighted by molar-refractivity contribution is 0.380. The molecule has 0 aliphatic carbocycles. The summed E-state index contributed by atoms with van der Waals surface area (Å²) in [6, 6.07) is 9.78. The van der Waals surface area contributed by atoms with E-state index in [1.807, 2.05) is 18.2 Å². The highest BCUT2D eigenvalue weighted by molar-refractivity contribution is 5.68. The molecule has 4 heteroatoms. The highest BCUT2D eigenvalue weighted by Crippen LogP contribution is 2.22. The van der Waals surface area contributed by atoms with Crippen LogP contribution in [0, 0.1) is 11.3 Å². The maximum absolute atomic E-state index is 8.97. The maximum Gasteiger partial charge on any atom is 0.316 e. The molecule has 0 saturated carbocycles. The molecule has 0 bridgehead atoms. The molecular weight excluding hydrogens is 202 g/mol. The van der Waals surface area contributed by atoms with Crippen molar-refractivity contribution in [1.29, 1.82) is 5.26 Å². The van der Waals surface area contributed by atoms with Crippen LogP contribution in [0.5, 0.6) is 6.01 Å². The Morgan fingerprint density at radius 1 is 1.19 bits per heavy atom. The fraction of sp³-hybridized carbons (Fsp3) is 0.0833. The average Bonchev–Trinajstić information content (AvgIpc) is 2.39. The van der Waals surface area contributed by atoms with Crippen molar-refractivity contribution in [1.82, 2.24) is 9.97 Å². The Morgan fingerprint density at radius 3 is 2.50 bits per heavy atom. The summed E-state index contributed by atoms with van der Waals surface area (Å²) in [7, 11) is 1.51. The van der Waals surface area contributed by atoms with Gasteiger partial charge < -0.3 is 4.74 Å². The van der Waals surface area contributed by atoms with Crippen LogP contribution in [-0.2, 0) is 0 Å². The fourth-order valence-corrected chi connectivity index (χ4v) is 1.39. The van der Waals surface area contributed by atoms with Gasteiger partial charge in [-0.2, -0.15) is 5.26 Å². The van der Waals surface area contributed by atoms with Gasteiger partial charge in [0.2, 0.25) is 0 Å². The zero-order chi connectivity index (χ0) is 11.4. The van der Waals surface area contributed by atoms with Gasteiger partial charge in [0.1, 0.15) is 0 Å². The second-order valence-corrected chi connectivity index (χ2v) is 3.12. The van der Waals surface area contributed by atoms with Crippen molar-refractivity contribution in [3.63, 3.8) is 0 Å². The molecule has 0 radical (unpaired) electrons. The Bertz CT molecular complexity index is 529. The summed E-state index contributed by atoms with van der Waals surface area (Å²) in [5, 5.41) is 8.97. The molecule has 4 nitrogen and oxygen atoms in total. The van der Waals surface area contributed by atoms with Crippen LogP contribution in [0.1, 0.15) is 5.56 Å². The average molecular weight is 211 g/mol. The monoisotopic (exact) mass is 211 g/mol. The van der Waals surface area contributed by atoms with E-state index < -0.39 is 0 Å². The van der Waals surface area contributed by atoms with Crippen molar-refractivity contribution >= 4 is 0 Å². The number of nitriles is 1. The van der Waals surface area contributed by atoms with Crippen molar-refractivity contribution in [2.45, 2.75) is 0 Å². The van der Waals surface area contributed by atoms with E-state index in [4.69, 9.17) is 10.00 Å². The summed E-state index contributed by atoms with van der Waals surface area (Å²) in [5.74, 6) is 0. The zero-order valence-electron chi connectivity index (χ0n) is 8.71. The van der Waals surface area contributed by atoms with Crippen molar-refractivity contribution in [2.24, 2.45) is 0 Å². The number of nitrogens with zero attached hydrogens (tertiary/aromatic N) is 3. The summed E-state index contributed by atoms with van der Waals surface area (Å²) >= 11 is 0. The van der Waals surface area contributed by atoms with E-state index in [1.165, 1.54) is 7.11 Å². The van der Waals surface area contributed by atoms with Crippen LogP contribution >= 0.6 is 0 Å². The Balaban J connectivity index is 2.47. The molecule has 0 spiro atoms. The lowest BCUT2D eigenvalue weighted by atomic mass is 10.0. The van der Waals surface area contributed by atoms with Gasteiger partial charge in [0.05, 0.1) is 18.7 Å². The van der Waals surface area contributed by atoms with Crippen molar-refractivity contribution in [3.05, 3.63) is 42.2 Å². The minimum absolute atomic E-state index is 0.318. The Labute approximate surface area is 93.2 Å². The van der Waals surface area contributed by atoms with E-state index in [2.05, 4.69) is 16.0 Å². The summed E-state index contributed by atoms with van der Waals surface area (Å²) < 4.78 is 4.87. The molecule has 2 aromatic rings. The maximum atomic E-state index is 8.97. The third-order valence-electron chi connectivity index (χ3n) is 2.17. The Kier molecular flexibility index (Phi) is 2.79. The minimum atomic E-state index is 0.318. The second-order valence-electron chi connectivity index (χ2n) is 3.12. The zero-order valence-corrected chi connectivity index (χ0v) is 8.71. The van der Waals surface area contributed by atoms with Gasteiger partial charge in [-0.15, -0.1) is 0 Å². The quantitative estimate of drug-likeness (QED) is 0.762. The van der Waals surface area contributed by atoms with Crippen LogP contribution in [0.3, 0.4) is 0 Å². The van der Waals surface area contributed by atoms with Gasteiger partial charge in [0, 0.05) is 23.5 Å². The largest absolute Gasteiger partial charge is 0.467 e. The summed E-state index contributed by atoms with van der Waals surface area (Å²) in [6.07, 6.45) is 3.28. The van der Waals surface area contributed by atoms with Crippen LogP contribution in [0.2, 0.25) is 0 Å². The molecule has 0 amide bonds. The smallest absolute Gasteiger partial charge is 0.316 e. The summed E-state index contributed by atoms with van der Waals surface area (Å²) in [6.45, 7) is 0. The predicted molar refractivity (Wildman–Crippen MR) is 58.7 cm³/mol. The number of ether oxygens (including phenoxy) is 1. The van der Waals surface area contributed by atoms with Gasteiger partial charge in [0.15, 0.2) is 0 Å². The molecule has 0 aliphatic heterocycles. The third-order valence-corrected chi connectivity index (χ3v) is 2.17. The number of aromatic nitrogens is 2. The first-order valence-electron chi connectivity index (χ1n) is 4.70. The van der Waals surface area contributed by atoms with E-state index >= 15 is 0 Å². The van der Waals surface area contributed by atoms with Crippen LogP contribution in [0.25, 0.3) is 11.1 Å². The topological polar surface area (TPSA) is 58.8 Å². The highest BCUT2D eigenvalue weighted by atomic mass is 16.5. The lowest BCUT2D eigenvalue weighted by Crippen LogP contribution is -1.92. The highest BCUT2D eigenvalue weighted by Gasteiger charge is 2.04. The first-order valence-corrected chi connectivity index (χ1v) is 4.70. The van der Waals surface area contributed by atoms with Crippen molar-refractivity contribution in [2.75, 3.05) is 7.11 Å². The number of hydrogen-bond donors (Lipinski definition) is 0. The number of rotatable bonds is 2. The van der Waals surface area contributed by atoms with Gasteiger partial charge in [0.25, 0.3) is 0 Å². The van der Waals surface area contributed by atoms with Crippen LogP contribution < -0.4 is 4.74 Å². The molecule has 0 saturated heterocycles. The normalized spacial score (nSPS) is 9.50. The minimum Gasteiger partial charge on any atom is -0.467 e. The van der Waals surface area contributed by atoms with E-state index in [0.717, 1.165) is 11.1 Å². The fourth-order valence-electron chi connectivity index (χ4n) is 1.39. The van der Waals surface area contributed by atoms with Gasteiger partial charge in [-0.25, -0.2) is 9.97 Å². The lowest BCUT2D eigenvalue weighted by Gasteiger charge is -2.03. The Morgan fingerprint density at radius 2 is 1.88 bits per heavy atom. The van der Waals surface area contributed by atoms with E-state index in [9.17, 15) is 0 Å². The molecule has 78 valence electrons. The molecule has 1 aromatic carbocycles. The summed E-state index contributed by atoms with van der Waals surface area (Å²) in [4.78, 5) is 8.01. The number of hydrogen-bond acceptors (Lipinski definition) is 4. The molecule has 0 aliphatic rings. The number of methoxy groups -OCH3 is 1. The molecular formula is C12H9N3O. The molecule has 0 N–H and O–H groups in total. The molecule has 1 aromatic heterocycles. The van der Waals surface area contributed by atoms with Gasteiger partial charge in [-0.3, -0.25) is 0 Å². The van der Waals surface area contributed by atoms with E-state index in [1.54, 1.807) is 18.5 Å². The third kappa shape index (κ3) is 1.84. The molecule has 16 heavy (non-hydrogen) atoms. The van der Waals surface area contributed by atoms with Crippen LogP contribution in [0.4, 0.5) is 0 Å². The Hall–Kier alpha value is -2.41. The molecule has 0 fully saturated rings. The van der Waals surface area contributed by atoms with Crippen molar-refractivity contribution in [3.8, 4) is 23.2 Å². The molecule has 1 heterocycles. The summed E-state index contributed by atoms with van der Waals surface area (Å²) in [5.41, 5.74) is 2.24. The number of benzene rings is 1.